The van der Waals surface area contributed by atoms with E-state index in [1.165, 1.54) is 0 Å². The van der Waals surface area contributed by atoms with Gasteiger partial charge in [0, 0.05) is 27.6 Å². The fourth-order valence-corrected chi connectivity index (χ4v) is 3.17. The van der Waals surface area contributed by atoms with Crippen LogP contribution in [0.4, 0.5) is 5.69 Å². The van der Waals surface area contributed by atoms with E-state index in [0.29, 0.717) is 16.2 Å². The number of hydrogen-bond donors (Lipinski definition) is 1. The first kappa shape index (κ1) is 20.0. The molecule has 2 aromatic carbocycles. The summed E-state index contributed by atoms with van der Waals surface area (Å²) in [6.45, 7) is 5.86. The molecule has 4 rings (SSSR count). The number of nitrogens with zero attached hydrogens (tertiary/aromatic N) is 4. The van der Waals surface area contributed by atoms with E-state index in [0.717, 1.165) is 28.8 Å². The van der Waals surface area contributed by atoms with Gasteiger partial charge in [-0.05, 0) is 42.8 Å². The standard InChI is InChI=1S/C23H22ClN5O/c1-4-23(2,3)22(30)26-18-11-12-20(17-6-5-13-25-21(17)18)29-14-19(27-28-29)15-7-9-16(24)10-8-15/h5-14H,4H2,1-3H3,(H,26,30). The molecule has 152 valence electrons. The van der Waals surface area contributed by atoms with E-state index in [4.69, 9.17) is 11.6 Å². The highest BCUT2D eigenvalue weighted by Crippen LogP contribution is 2.30. The van der Waals surface area contributed by atoms with Crippen LogP contribution < -0.4 is 5.32 Å². The number of nitrogens with one attached hydrogen (secondary N) is 1. The number of benzene rings is 2. The Balaban J connectivity index is 1.73. The summed E-state index contributed by atoms with van der Waals surface area (Å²) in [4.78, 5) is 17.2. The summed E-state index contributed by atoms with van der Waals surface area (Å²) in [5.74, 6) is -0.0320. The van der Waals surface area contributed by atoms with Crippen molar-refractivity contribution in [3.05, 3.63) is 65.9 Å². The van der Waals surface area contributed by atoms with Crippen molar-refractivity contribution in [1.29, 1.82) is 0 Å². The van der Waals surface area contributed by atoms with Gasteiger partial charge >= 0.3 is 0 Å². The van der Waals surface area contributed by atoms with Crippen LogP contribution >= 0.6 is 11.6 Å². The quantitative estimate of drug-likeness (QED) is 0.462. The van der Waals surface area contributed by atoms with E-state index in [1.54, 1.807) is 10.9 Å². The van der Waals surface area contributed by atoms with Gasteiger partial charge in [0.2, 0.25) is 5.91 Å². The minimum atomic E-state index is -0.459. The van der Waals surface area contributed by atoms with Gasteiger partial charge in [0.15, 0.2) is 0 Å². The lowest BCUT2D eigenvalue weighted by molar-refractivity contribution is -0.124. The van der Waals surface area contributed by atoms with E-state index in [2.05, 4.69) is 20.6 Å². The van der Waals surface area contributed by atoms with Crippen LogP contribution in [0.15, 0.2) is 60.9 Å². The van der Waals surface area contributed by atoms with E-state index >= 15 is 0 Å². The van der Waals surface area contributed by atoms with Crippen molar-refractivity contribution in [2.45, 2.75) is 27.2 Å². The average molecular weight is 420 g/mol. The van der Waals surface area contributed by atoms with Crippen LogP contribution in [-0.4, -0.2) is 25.9 Å². The summed E-state index contributed by atoms with van der Waals surface area (Å²) in [5.41, 5.74) is 3.43. The predicted octanol–water partition coefficient (Wildman–Crippen LogP) is 5.51. The Kier molecular flexibility index (Phi) is 5.26. The Bertz CT molecular complexity index is 1210. The zero-order valence-electron chi connectivity index (χ0n) is 17.1. The third kappa shape index (κ3) is 3.78. The van der Waals surface area contributed by atoms with Crippen molar-refractivity contribution in [3.8, 4) is 16.9 Å². The van der Waals surface area contributed by atoms with Gasteiger partial charge in [-0.3, -0.25) is 9.78 Å². The number of carbonyl (C=O) groups excluding carboxylic acids is 1. The molecule has 0 saturated carbocycles. The van der Waals surface area contributed by atoms with Crippen LogP contribution in [0.3, 0.4) is 0 Å². The van der Waals surface area contributed by atoms with Crippen molar-refractivity contribution in [1.82, 2.24) is 20.0 Å². The van der Waals surface area contributed by atoms with Gasteiger partial charge in [0.1, 0.15) is 5.69 Å². The van der Waals surface area contributed by atoms with Gasteiger partial charge in [-0.1, -0.05) is 49.7 Å². The van der Waals surface area contributed by atoms with Crippen molar-refractivity contribution in [2.24, 2.45) is 5.41 Å². The largest absolute Gasteiger partial charge is 0.324 e. The van der Waals surface area contributed by atoms with Crippen molar-refractivity contribution >= 4 is 34.1 Å². The summed E-state index contributed by atoms with van der Waals surface area (Å²) in [6, 6.07) is 15.1. The molecule has 0 aliphatic rings. The molecule has 7 heteroatoms. The topological polar surface area (TPSA) is 72.7 Å². The van der Waals surface area contributed by atoms with Crippen LogP contribution in [0, 0.1) is 5.41 Å². The maximum atomic E-state index is 12.7. The SMILES string of the molecule is CCC(C)(C)C(=O)Nc1ccc(-n2cc(-c3ccc(Cl)cc3)nn2)c2cccnc12. The molecule has 2 aromatic heterocycles. The molecule has 1 amide bonds. The molecule has 6 nitrogen and oxygen atoms in total. The van der Waals surface area contributed by atoms with Gasteiger partial charge in [0.25, 0.3) is 0 Å². The first-order valence-corrected chi connectivity index (χ1v) is 10.1. The maximum Gasteiger partial charge on any atom is 0.230 e. The number of fused-ring (bicyclic) bond motifs is 1. The molecule has 30 heavy (non-hydrogen) atoms. The number of aromatic nitrogens is 4. The molecule has 0 unspecified atom stereocenters. The minimum absolute atomic E-state index is 0.0320. The lowest BCUT2D eigenvalue weighted by Gasteiger charge is -2.22. The number of amides is 1. The van der Waals surface area contributed by atoms with Gasteiger partial charge in [-0.25, -0.2) is 4.68 Å². The van der Waals surface area contributed by atoms with Crippen molar-refractivity contribution < 1.29 is 4.79 Å². The molecule has 4 aromatic rings. The number of pyridine rings is 1. The zero-order chi connectivity index (χ0) is 21.3. The monoisotopic (exact) mass is 419 g/mol. The molecule has 2 heterocycles. The van der Waals surface area contributed by atoms with Gasteiger partial charge in [0.05, 0.1) is 23.1 Å². The third-order valence-electron chi connectivity index (χ3n) is 5.37. The van der Waals surface area contributed by atoms with Crippen molar-refractivity contribution in [3.63, 3.8) is 0 Å². The molecule has 0 spiro atoms. The average Bonchev–Trinajstić information content (AvgIpc) is 3.24. The molecule has 0 saturated heterocycles. The van der Waals surface area contributed by atoms with Crippen LogP contribution in [0.5, 0.6) is 0 Å². The molecule has 0 aliphatic heterocycles. The highest BCUT2D eigenvalue weighted by molar-refractivity contribution is 6.30. The summed E-state index contributed by atoms with van der Waals surface area (Å²) in [5, 5.41) is 13.2. The number of anilines is 1. The number of carbonyl (C=O) groups is 1. The molecule has 0 aliphatic carbocycles. The summed E-state index contributed by atoms with van der Waals surface area (Å²) in [7, 11) is 0. The first-order valence-electron chi connectivity index (χ1n) is 9.77. The third-order valence-corrected chi connectivity index (χ3v) is 5.63. The number of halogens is 1. The lowest BCUT2D eigenvalue weighted by Crippen LogP contribution is -2.30. The smallest absolute Gasteiger partial charge is 0.230 e. The maximum absolute atomic E-state index is 12.7. The summed E-state index contributed by atoms with van der Waals surface area (Å²) < 4.78 is 1.72. The Morgan fingerprint density at radius 3 is 2.63 bits per heavy atom. The lowest BCUT2D eigenvalue weighted by atomic mass is 9.89. The van der Waals surface area contributed by atoms with Gasteiger partial charge < -0.3 is 5.32 Å². The van der Waals surface area contributed by atoms with Crippen molar-refractivity contribution in [2.75, 3.05) is 5.32 Å². The highest BCUT2D eigenvalue weighted by Gasteiger charge is 2.26. The second-order valence-corrected chi connectivity index (χ2v) is 8.22. The molecule has 0 bridgehead atoms. The van der Waals surface area contributed by atoms with Crippen LogP contribution in [0.25, 0.3) is 27.8 Å². The van der Waals surface area contributed by atoms with E-state index in [9.17, 15) is 4.79 Å². The molecular weight excluding hydrogens is 398 g/mol. The molecule has 1 N–H and O–H groups in total. The van der Waals surface area contributed by atoms with E-state index in [1.807, 2.05) is 75.5 Å². The normalized spacial score (nSPS) is 11.6. The van der Waals surface area contributed by atoms with Crippen LogP contribution in [0.1, 0.15) is 27.2 Å². The fraction of sp³-hybridized carbons (Fsp3) is 0.217. The summed E-state index contributed by atoms with van der Waals surface area (Å²) in [6.07, 6.45) is 4.32. The highest BCUT2D eigenvalue weighted by atomic mass is 35.5. The van der Waals surface area contributed by atoms with E-state index in [-0.39, 0.29) is 5.91 Å². The summed E-state index contributed by atoms with van der Waals surface area (Å²) >= 11 is 5.98. The second-order valence-electron chi connectivity index (χ2n) is 7.78. The Hall–Kier alpha value is -3.25. The molecule has 0 atom stereocenters. The van der Waals surface area contributed by atoms with Gasteiger partial charge in [-0.15, -0.1) is 5.10 Å². The van der Waals surface area contributed by atoms with E-state index < -0.39 is 5.41 Å². The second kappa shape index (κ2) is 7.88. The first-order chi connectivity index (χ1) is 14.4. The number of rotatable bonds is 5. The molecular formula is C23H22ClN5O. The minimum Gasteiger partial charge on any atom is -0.324 e. The predicted molar refractivity (Wildman–Crippen MR) is 120 cm³/mol. The van der Waals surface area contributed by atoms with Crippen LogP contribution in [0.2, 0.25) is 5.02 Å². The zero-order valence-corrected chi connectivity index (χ0v) is 17.8. The Labute approximate surface area is 179 Å². The van der Waals surface area contributed by atoms with Gasteiger partial charge in [-0.2, -0.15) is 0 Å². The van der Waals surface area contributed by atoms with Crippen LogP contribution in [-0.2, 0) is 4.79 Å². The number of hydrogen-bond acceptors (Lipinski definition) is 4. The Morgan fingerprint density at radius 1 is 1.13 bits per heavy atom. The molecule has 0 fully saturated rings. The molecule has 0 radical (unpaired) electrons. The fourth-order valence-electron chi connectivity index (χ4n) is 3.04. The Morgan fingerprint density at radius 2 is 1.90 bits per heavy atom.